The Bertz CT molecular complexity index is 1070. The number of anilines is 1. The molecule has 1 amide bonds. The summed E-state index contributed by atoms with van der Waals surface area (Å²) in [6.07, 6.45) is 8.58. The van der Waals surface area contributed by atoms with Gasteiger partial charge < -0.3 is 15.2 Å². The molecule has 0 radical (unpaired) electrons. The number of phenols is 1. The number of carbonyl (C=O) groups is 2. The second kappa shape index (κ2) is 8.40. The lowest BCUT2D eigenvalue weighted by molar-refractivity contribution is -0.115. The summed E-state index contributed by atoms with van der Waals surface area (Å²) in [7, 11) is 1.46. The number of methoxy groups -OCH3 is 1. The standard InChI is InChI=1S/C21H23N5O4/c1-30-15-7-18(16(12-27)19(28)8-15)26-11-13(10-22-26)6-21(29)23-20-9-17(24-25-20)14-4-2-3-5-14/h7-12,14,28H,2-6H2,1H3,(H2,23,24,25,29). The van der Waals surface area contributed by atoms with E-state index in [-0.39, 0.29) is 23.6 Å². The SMILES string of the molecule is COc1cc(O)c(C=O)c(-n2cc(CC(=O)Nc3cc(C4CCCC4)[nH]n3)cn2)c1. The molecule has 0 unspecified atom stereocenters. The highest BCUT2D eigenvalue weighted by atomic mass is 16.5. The zero-order valence-electron chi connectivity index (χ0n) is 16.6. The maximum absolute atomic E-state index is 12.4. The molecule has 0 saturated heterocycles. The van der Waals surface area contributed by atoms with Crippen LogP contribution in [-0.4, -0.2) is 44.4 Å². The lowest BCUT2D eigenvalue weighted by atomic mass is 10.0. The van der Waals surface area contributed by atoms with Gasteiger partial charge in [-0.3, -0.25) is 14.7 Å². The minimum atomic E-state index is -0.219. The number of hydrogen-bond acceptors (Lipinski definition) is 6. The van der Waals surface area contributed by atoms with Crippen molar-refractivity contribution in [3.8, 4) is 17.2 Å². The molecule has 0 bridgehead atoms. The summed E-state index contributed by atoms with van der Waals surface area (Å²) in [5.74, 6) is 0.969. The molecule has 30 heavy (non-hydrogen) atoms. The van der Waals surface area contributed by atoms with Crippen LogP contribution in [-0.2, 0) is 11.2 Å². The van der Waals surface area contributed by atoms with Gasteiger partial charge in [-0.1, -0.05) is 12.8 Å². The number of amides is 1. The molecule has 156 valence electrons. The first-order valence-corrected chi connectivity index (χ1v) is 9.82. The Kier molecular flexibility index (Phi) is 5.51. The number of hydrogen-bond donors (Lipinski definition) is 3. The van der Waals surface area contributed by atoms with Crippen molar-refractivity contribution in [1.29, 1.82) is 0 Å². The molecule has 1 aliphatic rings. The molecule has 1 aliphatic carbocycles. The van der Waals surface area contributed by atoms with E-state index in [0.29, 0.717) is 35.0 Å². The Morgan fingerprint density at radius 1 is 1.37 bits per heavy atom. The number of aromatic nitrogens is 4. The monoisotopic (exact) mass is 409 g/mol. The van der Waals surface area contributed by atoms with Gasteiger partial charge in [0.15, 0.2) is 12.1 Å². The van der Waals surface area contributed by atoms with Crippen LogP contribution in [0.5, 0.6) is 11.5 Å². The van der Waals surface area contributed by atoms with Crippen LogP contribution in [0.4, 0.5) is 5.82 Å². The molecule has 0 spiro atoms. The lowest BCUT2D eigenvalue weighted by Gasteiger charge is -2.09. The van der Waals surface area contributed by atoms with Gasteiger partial charge in [-0.2, -0.15) is 10.2 Å². The average Bonchev–Trinajstić information content (AvgIpc) is 3.49. The molecule has 4 rings (SSSR count). The normalized spacial score (nSPS) is 14.0. The van der Waals surface area contributed by atoms with E-state index >= 15 is 0 Å². The number of ether oxygens (including phenoxy) is 1. The number of aldehydes is 1. The molecule has 0 atom stereocenters. The quantitative estimate of drug-likeness (QED) is 0.516. The largest absolute Gasteiger partial charge is 0.507 e. The molecule has 2 heterocycles. The van der Waals surface area contributed by atoms with E-state index in [1.54, 1.807) is 18.5 Å². The number of nitrogens with zero attached hydrogens (tertiary/aromatic N) is 3. The topological polar surface area (TPSA) is 122 Å². The van der Waals surface area contributed by atoms with Gasteiger partial charge in [0.1, 0.15) is 11.5 Å². The predicted octanol–water partition coefficient (Wildman–Crippen LogP) is 2.96. The second-order valence-corrected chi connectivity index (χ2v) is 7.41. The van der Waals surface area contributed by atoms with Crippen LogP contribution in [0, 0.1) is 0 Å². The van der Waals surface area contributed by atoms with Gasteiger partial charge >= 0.3 is 0 Å². The number of phenolic OH excluding ortho intramolecular Hbond substituents is 1. The van der Waals surface area contributed by atoms with Gasteiger partial charge in [-0.15, -0.1) is 0 Å². The van der Waals surface area contributed by atoms with E-state index in [1.807, 2.05) is 6.07 Å². The maximum Gasteiger partial charge on any atom is 0.230 e. The third-order valence-corrected chi connectivity index (χ3v) is 5.37. The van der Waals surface area contributed by atoms with E-state index in [2.05, 4.69) is 20.6 Å². The Balaban J connectivity index is 1.45. The molecule has 9 heteroatoms. The molecule has 1 aromatic carbocycles. The number of nitrogens with one attached hydrogen (secondary N) is 2. The predicted molar refractivity (Wildman–Crippen MR) is 109 cm³/mol. The molecule has 1 saturated carbocycles. The molecule has 9 nitrogen and oxygen atoms in total. The van der Waals surface area contributed by atoms with E-state index in [1.165, 1.54) is 30.7 Å². The third kappa shape index (κ3) is 4.05. The van der Waals surface area contributed by atoms with Crippen LogP contribution in [0.25, 0.3) is 5.69 Å². The van der Waals surface area contributed by atoms with Gasteiger partial charge in [-0.25, -0.2) is 4.68 Å². The average molecular weight is 409 g/mol. The number of H-pyrrole nitrogens is 1. The fourth-order valence-corrected chi connectivity index (χ4v) is 3.83. The fourth-order valence-electron chi connectivity index (χ4n) is 3.83. The van der Waals surface area contributed by atoms with Crippen molar-refractivity contribution in [2.75, 3.05) is 12.4 Å². The summed E-state index contributed by atoms with van der Waals surface area (Å²) >= 11 is 0. The minimum Gasteiger partial charge on any atom is -0.507 e. The molecule has 3 aromatic rings. The smallest absolute Gasteiger partial charge is 0.230 e. The van der Waals surface area contributed by atoms with E-state index in [9.17, 15) is 14.7 Å². The molecule has 1 fully saturated rings. The number of carbonyl (C=O) groups excluding carboxylic acids is 2. The first-order valence-electron chi connectivity index (χ1n) is 9.82. The second-order valence-electron chi connectivity index (χ2n) is 7.41. The van der Waals surface area contributed by atoms with Crippen molar-refractivity contribution in [2.45, 2.75) is 38.0 Å². The molecule has 0 aliphatic heterocycles. The van der Waals surface area contributed by atoms with Gasteiger partial charge in [0.25, 0.3) is 0 Å². The van der Waals surface area contributed by atoms with Gasteiger partial charge in [0.2, 0.25) is 5.91 Å². The Hall–Kier alpha value is -3.62. The molecule has 3 N–H and O–H groups in total. The van der Waals surface area contributed by atoms with Crippen molar-refractivity contribution >= 4 is 18.0 Å². The first-order chi connectivity index (χ1) is 14.6. The minimum absolute atomic E-state index is 0.0888. The zero-order valence-corrected chi connectivity index (χ0v) is 16.6. The fraction of sp³-hybridized carbons (Fsp3) is 0.333. The summed E-state index contributed by atoms with van der Waals surface area (Å²) in [6, 6.07) is 4.84. The Morgan fingerprint density at radius 3 is 2.90 bits per heavy atom. The maximum atomic E-state index is 12.4. The highest BCUT2D eigenvalue weighted by Crippen LogP contribution is 2.33. The molecular weight excluding hydrogens is 386 g/mol. The highest BCUT2D eigenvalue weighted by Gasteiger charge is 2.20. The summed E-state index contributed by atoms with van der Waals surface area (Å²) in [5.41, 5.74) is 2.17. The summed E-state index contributed by atoms with van der Waals surface area (Å²) < 4.78 is 6.57. The van der Waals surface area contributed by atoms with Crippen LogP contribution >= 0.6 is 0 Å². The number of benzene rings is 1. The number of aromatic hydroxyl groups is 1. The summed E-state index contributed by atoms with van der Waals surface area (Å²) in [5, 5.41) is 24.3. The van der Waals surface area contributed by atoms with Crippen LogP contribution in [0.15, 0.2) is 30.6 Å². The highest BCUT2D eigenvalue weighted by molar-refractivity contribution is 5.91. The van der Waals surface area contributed by atoms with Crippen molar-refractivity contribution in [3.63, 3.8) is 0 Å². The zero-order chi connectivity index (χ0) is 21.1. The van der Waals surface area contributed by atoms with Crippen molar-refractivity contribution < 1.29 is 19.4 Å². The van der Waals surface area contributed by atoms with Crippen LogP contribution in [0.1, 0.15) is 53.2 Å². The van der Waals surface area contributed by atoms with Crippen molar-refractivity contribution in [3.05, 3.63) is 47.4 Å². The summed E-state index contributed by atoms with van der Waals surface area (Å²) in [4.78, 5) is 23.8. The van der Waals surface area contributed by atoms with E-state index < -0.39 is 0 Å². The number of aromatic amines is 1. The van der Waals surface area contributed by atoms with Crippen LogP contribution < -0.4 is 10.1 Å². The lowest BCUT2D eigenvalue weighted by Crippen LogP contribution is -2.14. The van der Waals surface area contributed by atoms with E-state index in [0.717, 1.165) is 18.5 Å². The number of rotatable bonds is 7. The summed E-state index contributed by atoms with van der Waals surface area (Å²) in [6.45, 7) is 0. The molecular formula is C21H23N5O4. The van der Waals surface area contributed by atoms with Gasteiger partial charge in [-0.05, 0) is 18.4 Å². The van der Waals surface area contributed by atoms with E-state index in [4.69, 9.17) is 4.74 Å². The Labute approximate surface area is 173 Å². The van der Waals surface area contributed by atoms with Crippen LogP contribution in [0.2, 0.25) is 0 Å². The van der Waals surface area contributed by atoms with Gasteiger partial charge in [0.05, 0.1) is 31.0 Å². The Morgan fingerprint density at radius 2 is 2.17 bits per heavy atom. The third-order valence-electron chi connectivity index (χ3n) is 5.37. The van der Waals surface area contributed by atoms with Gasteiger partial charge in [0, 0.05) is 36.0 Å². The van der Waals surface area contributed by atoms with Crippen molar-refractivity contribution in [1.82, 2.24) is 20.0 Å². The first kappa shape index (κ1) is 19.7. The van der Waals surface area contributed by atoms with Crippen molar-refractivity contribution in [2.24, 2.45) is 0 Å². The molecule has 2 aromatic heterocycles. The van der Waals surface area contributed by atoms with Crippen LogP contribution in [0.3, 0.4) is 0 Å².